The van der Waals surface area contributed by atoms with Crippen LogP contribution >= 0.6 is 11.6 Å². The molecule has 2 aromatic heterocycles. The van der Waals surface area contributed by atoms with Crippen molar-refractivity contribution in [3.63, 3.8) is 0 Å². The Morgan fingerprint density at radius 3 is 2.37 bits per heavy atom. The molecule has 1 saturated heterocycles. The third-order valence-corrected chi connectivity index (χ3v) is 7.27. The van der Waals surface area contributed by atoms with Crippen molar-refractivity contribution in [3.05, 3.63) is 94.4 Å². The second-order valence-electron chi connectivity index (χ2n) is 9.59. The first kappa shape index (κ1) is 26.1. The molecule has 0 atom stereocenters. The standard InChI is InChI=1S/C29H27ClF3N3O2/c1-19-28(36-18-23(30)7-13-27(36)34-19)26(37)12-4-20-2-8-24(9-3-20)35-16-14-22(15-17-35)21-5-10-25(11-6-21)38-29(31,32)33/h2-3,5-11,13,18,22H,4,12,14-17H2,1H3. The lowest BCUT2D eigenvalue weighted by atomic mass is 9.89. The molecule has 0 radical (unpaired) electrons. The van der Waals surface area contributed by atoms with E-state index in [4.69, 9.17) is 11.6 Å². The molecule has 1 fully saturated rings. The van der Waals surface area contributed by atoms with Crippen molar-refractivity contribution in [3.8, 4) is 5.75 Å². The number of ketones is 1. The minimum atomic E-state index is -4.68. The summed E-state index contributed by atoms with van der Waals surface area (Å²) < 4.78 is 42.9. The number of hydrogen-bond acceptors (Lipinski definition) is 4. The van der Waals surface area contributed by atoms with Gasteiger partial charge in [-0.1, -0.05) is 35.9 Å². The van der Waals surface area contributed by atoms with Crippen molar-refractivity contribution in [2.45, 2.75) is 44.9 Å². The summed E-state index contributed by atoms with van der Waals surface area (Å²) in [5.74, 6) is 0.134. The second kappa shape index (κ2) is 10.7. The van der Waals surface area contributed by atoms with Gasteiger partial charge < -0.3 is 9.64 Å². The lowest BCUT2D eigenvalue weighted by Crippen LogP contribution is -2.32. The van der Waals surface area contributed by atoms with Crippen LogP contribution in [0.25, 0.3) is 5.65 Å². The van der Waals surface area contributed by atoms with Gasteiger partial charge in [0.15, 0.2) is 5.78 Å². The SMILES string of the molecule is Cc1nc2ccc(Cl)cn2c1C(=O)CCc1ccc(N2CCC(c3ccc(OC(F)(F)F)cc3)CC2)cc1. The number of piperidine rings is 1. The molecular weight excluding hydrogens is 515 g/mol. The fourth-order valence-electron chi connectivity index (χ4n) is 5.13. The van der Waals surface area contributed by atoms with Gasteiger partial charge in [-0.3, -0.25) is 9.20 Å². The predicted octanol–water partition coefficient (Wildman–Crippen LogP) is 7.39. The third kappa shape index (κ3) is 5.96. The van der Waals surface area contributed by atoms with E-state index in [1.54, 1.807) is 34.9 Å². The van der Waals surface area contributed by atoms with E-state index in [0.29, 0.717) is 40.8 Å². The number of anilines is 1. The highest BCUT2D eigenvalue weighted by atomic mass is 35.5. The number of aryl methyl sites for hydroxylation is 2. The number of carbonyl (C=O) groups is 1. The summed E-state index contributed by atoms with van der Waals surface area (Å²) in [5, 5.41) is 0.553. The monoisotopic (exact) mass is 541 g/mol. The molecule has 5 rings (SSSR count). The number of fused-ring (bicyclic) bond motifs is 1. The van der Waals surface area contributed by atoms with E-state index >= 15 is 0 Å². The van der Waals surface area contributed by atoms with E-state index in [-0.39, 0.29) is 11.5 Å². The number of nitrogens with zero attached hydrogens (tertiary/aromatic N) is 3. The maximum Gasteiger partial charge on any atom is 0.573 e. The summed E-state index contributed by atoms with van der Waals surface area (Å²) >= 11 is 6.12. The van der Waals surface area contributed by atoms with Crippen LogP contribution in [0.1, 0.15) is 52.5 Å². The van der Waals surface area contributed by atoms with E-state index in [1.165, 1.54) is 12.1 Å². The average Bonchev–Trinajstić information content (AvgIpc) is 3.22. The summed E-state index contributed by atoms with van der Waals surface area (Å²) in [5.41, 5.74) is 5.21. The largest absolute Gasteiger partial charge is 0.573 e. The first-order chi connectivity index (χ1) is 18.2. The van der Waals surface area contributed by atoms with Crippen LogP contribution in [-0.2, 0) is 6.42 Å². The fourth-order valence-corrected chi connectivity index (χ4v) is 5.30. The molecule has 0 N–H and O–H groups in total. The van der Waals surface area contributed by atoms with Crippen LogP contribution in [-0.4, -0.2) is 34.6 Å². The topological polar surface area (TPSA) is 46.8 Å². The van der Waals surface area contributed by atoms with Crippen LogP contribution in [0.15, 0.2) is 66.9 Å². The Hall–Kier alpha value is -3.52. The molecule has 4 aromatic rings. The number of alkyl halides is 3. The van der Waals surface area contributed by atoms with Gasteiger partial charge in [0, 0.05) is 31.4 Å². The van der Waals surface area contributed by atoms with Crippen molar-refractivity contribution in [2.24, 2.45) is 0 Å². The molecule has 5 nitrogen and oxygen atoms in total. The van der Waals surface area contributed by atoms with E-state index in [1.807, 2.05) is 6.92 Å². The lowest BCUT2D eigenvalue weighted by molar-refractivity contribution is -0.274. The molecule has 1 aliphatic rings. The van der Waals surface area contributed by atoms with Gasteiger partial charge in [-0.25, -0.2) is 4.98 Å². The highest BCUT2D eigenvalue weighted by Gasteiger charge is 2.31. The van der Waals surface area contributed by atoms with Crippen LogP contribution in [0.3, 0.4) is 0 Å². The highest BCUT2D eigenvalue weighted by molar-refractivity contribution is 6.30. The first-order valence-electron chi connectivity index (χ1n) is 12.5. The van der Waals surface area contributed by atoms with E-state index in [9.17, 15) is 18.0 Å². The van der Waals surface area contributed by atoms with Gasteiger partial charge in [0.25, 0.3) is 0 Å². The number of ether oxygens (including phenoxy) is 1. The molecule has 0 spiro atoms. The predicted molar refractivity (Wildman–Crippen MR) is 141 cm³/mol. The number of hydrogen-bond donors (Lipinski definition) is 0. The van der Waals surface area contributed by atoms with Crippen molar-refractivity contribution in [1.29, 1.82) is 0 Å². The van der Waals surface area contributed by atoms with Gasteiger partial charge in [0.2, 0.25) is 0 Å². The zero-order valence-electron chi connectivity index (χ0n) is 20.8. The molecular formula is C29H27ClF3N3O2. The Bertz CT molecular complexity index is 1420. The number of rotatable bonds is 7. The van der Waals surface area contributed by atoms with E-state index in [2.05, 4.69) is 38.9 Å². The molecule has 9 heteroatoms. The van der Waals surface area contributed by atoms with Crippen molar-refractivity contribution in [2.75, 3.05) is 18.0 Å². The third-order valence-electron chi connectivity index (χ3n) is 7.04. The maximum atomic E-state index is 13.0. The smallest absolute Gasteiger partial charge is 0.406 e. The number of halogens is 4. The molecule has 2 aromatic carbocycles. The Kier molecular flexibility index (Phi) is 7.34. The zero-order chi connectivity index (χ0) is 26.9. The van der Waals surface area contributed by atoms with Gasteiger partial charge in [0.05, 0.1) is 10.7 Å². The number of benzene rings is 2. The van der Waals surface area contributed by atoms with Crippen molar-refractivity contribution >= 4 is 28.7 Å². The minimum Gasteiger partial charge on any atom is -0.406 e. The minimum absolute atomic E-state index is 0.0291. The quantitative estimate of drug-likeness (QED) is 0.229. The lowest BCUT2D eigenvalue weighted by Gasteiger charge is -2.34. The average molecular weight is 542 g/mol. The Balaban J connectivity index is 1.15. The Morgan fingerprint density at radius 2 is 1.71 bits per heavy atom. The van der Waals surface area contributed by atoms with Crippen molar-refractivity contribution in [1.82, 2.24) is 9.38 Å². The van der Waals surface area contributed by atoms with E-state index < -0.39 is 6.36 Å². The molecule has 1 aliphatic heterocycles. The molecule has 0 unspecified atom stereocenters. The van der Waals surface area contributed by atoms with Gasteiger partial charge in [0.1, 0.15) is 17.1 Å². The number of carbonyl (C=O) groups excluding carboxylic acids is 1. The van der Waals surface area contributed by atoms with Crippen LogP contribution in [0.4, 0.5) is 18.9 Å². The summed E-state index contributed by atoms with van der Waals surface area (Å²) in [4.78, 5) is 19.8. The maximum absolute atomic E-state index is 13.0. The molecule has 0 amide bonds. The summed E-state index contributed by atoms with van der Waals surface area (Å²) in [6.45, 7) is 3.56. The summed E-state index contributed by atoms with van der Waals surface area (Å²) in [7, 11) is 0. The summed E-state index contributed by atoms with van der Waals surface area (Å²) in [6, 6.07) is 18.1. The van der Waals surface area contributed by atoms with Gasteiger partial charge in [-0.15, -0.1) is 13.2 Å². The van der Waals surface area contributed by atoms with Gasteiger partial charge in [-0.2, -0.15) is 0 Å². The summed E-state index contributed by atoms with van der Waals surface area (Å²) in [6.07, 6.45) is -0.127. The van der Waals surface area contributed by atoms with Crippen LogP contribution in [0.2, 0.25) is 5.02 Å². The molecule has 0 bridgehead atoms. The molecule has 198 valence electrons. The molecule has 3 heterocycles. The zero-order valence-corrected chi connectivity index (χ0v) is 21.6. The number of Topliss-reactive ketones (excluding diaryl/α,β-unsaturated/α-hetero) is 1. The fraction of sp³-hybridized carbons (Fsp3) is 0.310. The second-order valence-corrected chi connectivity index (χ2v) is 10.0. The first-order valence-corrected chi connectivity index (χ1v) is 12.9. The molecule has 38 heavy (non-hydrogen) atoms. The van der Waals surface area contributed by atoms with Gasteiger partial charge >= 0.3 is 6.36 Å². The van der Waals surface area contributed by atoms with Crippen LogP contribution in [0, 0.1) is 6.92 Å². The van der Waals surface area contributed by atoms with Crippen molar-refractivity contribution < 1.29 is 22.7 Å². The number of aromatic nitrogens is 2. The molecule has 0 saturated carbocycles. The van der Waals surface area contributed by atoms with E-state index in [0.717, 1.165) is 42.7 Å². The molecule has 0 aliphatic carbocycles. The normalized spacial score (nSPS) is 14.7. The van der Waals surface area contributed by atoms with Crippen LogP contribution < -0.4 is 9.64 Å². The number of imidazole rings is 1. The Labute approximate surface area is 223 Å². The van der Waals surface area contributed by atoms with Gasteiger partial charge in [-0.05, 0) is 79.6 Å². The Morgan fingerprint density at radius 1 is 1.03 bits per heavy atom. The number of pyridine rings is 1. The van der Waals surface area contributed by atoms with Crippen LogP contribution in [0.5, 0.6) is 5.75 Å². The highest BCUT2D eigenvalue weighted by Crippen LogP contribution is 2.32.